The van der Waals surface area contributed by atoms with E-state index in [0.29, 0.717) is 5.92 Å². The highest BCUT2D eigenvalue weighted by Gasteiger charge is 2.44. The first kappa shape index (κ1) is 9.00. The van der Waals surface area contributed by atoms with Gasteiger partial charge in [0.05, 0.1) is 0 Å². The van der Waals surface area contributed by atoms with Crippen LogP contribution in [0.2, 0.25) is 0 Å². The van der Waals surface area contributed by atoms with E-state index in [1.54, 1.807) is 0 Å². The van der Waals surface area contributed by atoms with Crippen LogP contribution in [0.25, 0.3) is 0 Å². The maximum Gasteiger partial charge on any atom is 0.302 e. The molecule has 3 heteroatoms. The molecular weight excluding hydrogens is 166 g/mol. The van der Waals surface area contributed by atoms with Gasteiger partial charge in [-0.3, -0.25) is 4.79 Å². The van der Waals surface area contributed by atoms with E-state index in [9.17, 15) is 4.79 Å². The topological polar surface area (TPSA) is 52.3 Å². The normalized spacial score (nSPS) is 43.2. The highest BCUT2D eigenvalue weighted by molar-refractivity contribution is 5.66. The van der Waals surface area contributed by atoms with Crippen LogP contribution in [0.15, 0.2) is 0 Å². The predicted octanol–water partition coefficient (Wildman–Crippen LogP) is 1.07. The van der Waals surface area contributed by atoms with Crippen molar-refractivity contribution in [2.45, 2.75) is 44.8 Å². The zero-order valence-electron chi connectivity index (χ0n) is 8.03. The SMILES string of the molecule is CC(=O)OC1CC2CCCC2C1N. The van der Waals surface area contributed by atoms with Gasteiger partial charge < -0.3 is 10.5 Å². The van der Waals surface area contributed by atoms with Crippen molar-refractivity contribution in [3.8, 4) is 0 Å². The number of nitrogens with two attached hydrogens (primary N) is 1. The highest BCUT2D eigenvalue weighted by Crippen LogP contribution is 2.44. The van der Waals surface area contributed by atoms with Crippen LogP contribution < -0.4 is 5.73 Å². The lowest BCUT2D eigenvalue weighted by molar-refractivity contribution is -0.146. The largest absolute Gasteiger partial charge is 0.461 e. The number of hydrogen-bond donors (Lipinski definition) is 1. The summed E-state index contributed by atoms with van der Waals surface area (Å²) in [5, 5.41) is 0. The molecule has 2 fully saturated rings. The van der Waals surface area contributed by atoms with Crippen molar-refractivity contribution in [3.63, 3.8) is 0 Å². The smallest absolute Gasteiger partial charge is 0.302 e. The molecule has 0 heterocycles. The first-order valence-corrected chi connectivity index (χ1v) is 5.11. The fourth-order valence-electron chi connectivity index (χ4n) is 2.94. The van der Waals surface area contributed by atoms with Crippen molar-refractivity contribution in [3.05, 3.63) is 0 Å². The maximum absolute atomic E-state index is 10.8. The molecule has 2 aliphatic rings. The van der Waals surface area contributed by atoms with E-state index in [4.69, 9.17) is 10.5 Å². The number of fused-ring (bicyclic) bond motifs is 1. The second-order valence-electron chi connectivity index (χ2n) is 4.32. The van der Waals surface area contributed by atoms with Crippen molar-refractivity contribution in [2.75, 3.05) is 0 Å². The minimum absolute atomic E-state index is 0.00667. The van der Waals surface area contributed by atoms with Crippen molar-refractivity contribution in [2.24, 2.45) is 17.6 Å². The second kappa shape index (κ2) is 3.29. The Labute approximate surface area is 78.6 Å². The van der Waals surface area contributed by atoms with Gasteiger partial charge in [-0.15, -0.1) is 0 Å². The van der Waals surface area contributed by atoms with E-state index in [-0.39, 0.29) is 18.1 Å². The lowest BCUT2D eigenvalue weighted by Crippen LogP contribution is -2.37. The quantitative estimate of drug-likeness (QED) is 0.618. The van der Waals surface area contributed by atoms with E-state index < -0.39 is 0 Å². The fourth-order valence-corrected chi connectivity index (χ4v) is 2.94. The Hall–Kier alpha value is -0.570. The van der Waals surface area contributed by atoms with Gasteiger partial charge in [0.2, 0.25) is 0 Å². The summed E-state index contributed by atoms with van der Waals surface area (Å²) in [5.41, 5.74) is 6.04. The molecule has 0 aromatic carbocycles. The number of carbonyl (C=O) groups excluding carboxylic acids is 1. The molecule has 0 amide bonds. The monoisotopic (exact) mass is 183 g/mol. The Kier molecular flexibility index (Phi) is 2.28. The second-order valence-corrected chi connectivity index (χ2v) is 4.32. The zero-order chi connectivity index (χ0) is 9.42. The number of hydrogen-bond acceptors (Lipinski definition) is 3. The number of rotatable bonds is 1. The molecule has 2 N–H and O–H groups in total. The van der Waals surface area contributed by atoms with Crippen LogP contribution in [-0.4, -0.2) is 18.1 Å². The molecule has 0 radical (unpaired) electrons. The maximum atomic E-state index is 10.8. The van der Waals surface area contributed by atoms with Crippen molar-refractivity contribution in [1.29, 1.82) is 0 Å². The molecule has 0 aromatic rings. The molecule has 0 spiro atoms. The Bertz CT molecular complexity index is 217. The summed E-state index contributed by atoms with van der Waals surface area (Å²) < 4.78 is 5.20. The van der Waals surface area contributed by atoms with Gasteiger partial charge in [0.25, 0.3) is 0 Å². The summed E-state index contributed by atoms with van der Waals surface area (Å²) in [6.45, 7) is 1.46. The molecular formula is C10H17NO2. The first-order chi connectivity index (χ1) is 6.18. The molecule has 74 valence electrons. The van der Waals surface area contributed by atoms with Crippen LogP contribution in [0.1, 0.15) is 32.6 Å². The highest BCUT2D eigenvalue weighted by atomic mass is 16.5. The number of carbonyl (C=O) groups is 1. The lowest BCUT2D eigenvalue weighted by Gasteiger charge is -2.18. The van der Waals surface area contributed by atoms with Crippen LogP contribution in [0, 0.1) is 11.8 Å². The van der Waals surface area contributed by atoms with E-state index >= 15 is 0 Å². The molecule has 0 aliphatic heterocycles. The lowest BCUT2D eigenvalue weighted by atomic mass is 9.98. The Morgan fingerprint density at radius 3 is 2.85 bits per heavy atom. The third kappa shape index (κ3) is 1.57. The molecule has 0 saturated heterocycles. The van der Waals surface area contributed by atoms with E-state index in [2.05, 4.69) is 0 Å². The van der Waals surface area contributed by atoms with Crippen LogP contribution >= 0.6 is 0 Å². The number of esters is 1. The summed E-state index contributed by atoms with van der Waals surface area (Å²) in [5.74, 6) is 1.14. The first-order valence-electron chi connectivity index (χ1n) is 5.11. The predicted molar refractivity (Wildman–Crippen MR) is 49.0 cm³/mol. The third-order valence-corrected chi connectivity index (χ3v) is 3.49. The molecule has 0 bridgehead atoms. The van der Waals surface area contributed by atoms with Gasteiger partial charge in [-0.1, -0.05) is 6.42 Å². The van der Waals surface area contributed by atoms with Crippen LogP contribution in [0.3, 0.4) is 0 Å². The third-order valence-electron chi connectivity index (χ3n) is 3.49. The number of ether oxygens (including phenoxy) is 1. The summed E-state index contributed by atoms with van der Waals surface area (Å²) >= 11 is 0. The van der Waals surface area contributed by atoms with E-state index in [1.165, 1.54) is 26.2 Å². The van der Waals surface area contributed by atoms with Gasteiger partial charge in [0.1, 0.15) is 6.10 Å². The van der Waals surface area contributed by atoms with E-state index in [0.717, 1.165) is 12.3 Å². The van der Waals surface area contributed by atoms with Gasteiger partial charge in [-0.05, 0) is 31.1 Å². The molecule has 3 nitrogen and oxygen atoms in total. The average molecular weight is 183 g/mol. The average Bonchev–Trinajstić information content (AvgIpc) is 2.56. The van der Waals surface area contributed by atoms with Crippen molar-refractivity contribution in [1.82, 2.24) is 0 Å². The van der Waals surface area contributed by atoms with Crippen LogP contribution in [0.5, 0.6) is 0 Å². The summed E-state index contributed by atoms with van der Waals surface area (Å²) in [7, 11) is 0. The van der Waals surface area contributed by atoms with Crippen LogP contribution in [-0.2, 0) is 9.53 Å². The summed E-state index contributed by atoms with van der Waals surface area (Å²) in [4.78, 5) is 10.8. The molecule has 2 rings (SSSR count). The molecule has 13 heavy (non-hydrogen) atoms. The molecule has 2 saturated carbocycles. The van der Waals surface area contributed by atoms with Crippen molar-refractivity contribution >= 4 is 5.97 Å². The van der Waals surface area contributed by atoms with Gasteiger partial charge in [0, 0.05) is 13.0 Å². The molecule has 0 aromatic heterocycles. The van der Waals surface area contributed by atoms with Crippen LogP contribution in [0.4, 0.5) is 0 Å². The van der Waals surface area contributed by atoms with E-state index in [1.807, 2.05) is 0 Å². The Morgan fingerprint density at radius 1 is 1.46 bits per heavy atom. The Morgan fingerprint density at radius 2 is 2.23 bits per heavy atom. The summed E-state index contributed by atoms with van der Waals surface area (Å²) in [6.07, 6.45) is 4.79. The molecule has 4 atom stereocenters. The van der Waals surface area contributed by atoms with Crippen molar-refractivity contribution < 1.29 is 9.53 Å². The zero-order valence-corrected chi connectivity index (χ0v) is 8.03. The minimum atomic E-state index is -0.194. The molecule has 4 unspecified atom stereocenters. The Balaban J connectivity index is 1.98. The van der Waals surface area contributed by atoms with Gasteiger partial charge in [0.15, 0.2) is 0 Å². The minimum Gasteiger partial charge on any atom is -0.461 e. The standard InChI is InChI=1S/C10H17NO2/c1-6(12)13-9-5-7-3-2-4-8(7)10(9)11/h7-10H,2-5,11H2,1H3. The molecule has 2 aliphatic carbocycles. The van der Waals surface area contributed by atoms with Gasteiger partial charge >= 0.3 is 5.97 Å². The summed E-state index contributed by atoms with van der Waals surface area (Å²) in [6, 6.07) is 0.0939. The van der Waals surface area contributed by atoms with Gasteiger partial charge in [-0.2, -0.15) is 0 Å². The fraction of sp³-hybridized carbons (Fsp3) is 0.900. The van der Waals surface area contributed by atoms with Gasteiger partial charge in [-0.25, -0.2) is 0 Å².